The van der Waals surface area contributed by atoms with Crippen LogP contribution in [0.1, 0.15) is 13.8 Å². The van der Waals surface area contributed by atoms with Gasteiger partial charge in [-0.15, -0.1) is 0 Å². The van der Waals surface area contributed by atoms with Gasteiger partial charge in [0.15, 0.2) is 0 Å². The van der Waals surface area contributed by atoms with Crippen molar-refractivity contribution >= 4 is 5.91 Å². The van der Waals surface area contributed by atoms with Gasteiger partial charge in [0.2, 0.25) is 5.91 Å². The van der Waals surface area contributed by atoms with Crippen molar-refractivity contribution in [2.45, 2.75) is 13.8 Å². The zero-order valence-corrected chi connectivity index (χ0v) is 8.51. The SMILES string of the molecule is C=C/C=C(/F)C1=C(C)CN(C(C)=O)C1. The lowest BCUT2D eigenvalue weighted by molar-refractivity contribution is -0.127. The number of allylic oxidation sites excluding steroid dienone is 2. The van der Waals surface area contributed by atoms with E-state index in [1.165, 1.54) is 19.1 Å². The first-order valence-electron chi connectivity index (χ1n) is 4.49. The van der Waals surface area contributed by atoms with Crippen LogP contribution in [-0.2, 0) is 4.79 Å². The summed E-state index contributed by atoms with van der Waals surface area (Å²) in [7, 11) is 0. The molecule has 0 aromatic carbocycles. The summed E-state index contributed by atoms with van der Waals surface area (Å²) >= 11 is 0. The summed E-state index contributed by atoms with van der Waals surface area (Å²) in [6, 6.07) is 0. The second-order valence-corrected chi connectivity index (χ2v) is 3.38. The molecule has 1 rings (SSSR count). The third-order valence-corrected chi connectivity index (χ3v) is 2.29. The van der Waals surface area contributed by atoms with E-state index in [0.29, 0.717) is 18.7 Å². The van der Waals surface area contributed by atoms with Crippen molar-refractivity contribution in [3.8, 4) is 0 Å². The first-order chi connectivity index (χ1) is 6.56. The van der Waals surface area contributed by atoms with E-state index in [-0.39, 0.29) is 11.7 Å². The van der Waals surface area contributed by atoms with Crippen LogP contribution in [0.4, 0.5) is 4.39 Å². The van der Waals surface area contributed by atoms with Crippen LogP contribution >= 0.6 is 0 Å². The number of carbonyl (C=O) groups excluding carboxylic acids is 1. The van der Waals surface area contributed by atoms with Crippen LogP contribution in [0.2, 0.25) is 0 Å². The molecule has 0 spiro atoms. The predicted octanol–water partition coefficient (Wildman–Crippen LogP) is 2.20. The lowest BCUT2D eigenvalue weighted by Crippen LogP contribution is -2.26. The van der Waals surface area contributed by atoms with Gasteiger partial charge >= 0.3 is 0 Å². The second kappa shape index (κ2) is 4.22. The van der Waals surface area contributed by atoms with Crippen LogP contribution in [0.25, 0.3) is 0 Å². The molecule has 14 heavy (non-hydrogen) atoms. The van der Waals surface area contributed by atoms with Gasteiger partial charge in [0.1, 0.15) is 5.83 Å². The molecule has 0 fully saturated rings. The Bertz CT molecular complexity index is 328. The van der Waals surface area contributed by atoms with Crippen molar-refractivity contribution < 1.29 is 9.18 Å². The maximum atomic E-state index is 13.4. The Labute approximate surface area is 83.4 Å². The lowest BCUT2D eigenvalue weighted by atomic mass is 10.1. The first-order valence-corrected chi connectivity index (χ1v) is 4.49. The van der Waals surface area contributed by atoms with Crippen LogP contribution < -0.4 is 0 Å². The highest BCUT2D eigenvalue weighted by Gasteiger charge is 2.23. The second-order valence-electron chi connectivity index (χ2n) is 3.38. The standard InChI is InChI=1S/C11H14FNO/c1-4-5-11(12)10-7-13(9(3)14)6-8(10)2/h4-5H,1,6-7H2,2-3H3/b11-5+. The molecule has 0 radical (unpaired) electrons. The number of halogens is 1. The molecule has 1 aliphatic heterocycles. The normalized spacial score (nSPS) is 17.6. The third-order valence-electron chi connectivity index (χ3n) is 2.29. The van der Waals surface area contributed by atoms with Gasteiger partial charge in [-0.3, -0.25) is 4.79 Å². The molecule has 0 bridgehead atoms. The van der Waals surface area contributed by atoms with Crippen molar-refractivity contribution in [3.63, 3.8) is 0 Å². The Kier molecular flexibility index (Phi) is 3.23. The van der Waals surface area contributed by atoms with Gasteiger partial charge < -0.3 is 4.90 Å². The summed E-state index contributed by atoms with van der Waals surface area (Å²) < 4.78 is 13.4. The molecule has 0 saturated heterocycles. The topological polar surface area (TPSA) is 20.3 Å². The number of hydrogen-bond donors (Lipinski definition) is 0. The molecule has 0 aromatic rings. The Morgan fingerprint density at radius 1 is 1.57 bits per heavy atom. The molecule has 0 atom stereocenters. The fourth-order valence-electron chi connectivity index (χ4n) is 1.47. The van der Waals surface area contributed by atoms with Crippen molar-refractivity contribution in [1.29, 1.82) is 0 Å². The maximum absolute atomic E-state index is 13.4. The predicted molar refractivity (Wildman–Crippen MR) is 54.3 cm³/mol. The molecule has 1 heterocycles. The summed E-state index contributed by atoms with van der Waals surface area (Å²) in [5.74, 6) is -0.313. The van der Waals surface area contributed by atoms with Gasteiger partial charge in [-0.2, -0.15) is 0 Å². The molecule has 0 N–H and O–H groups in total. The Morgan fingerprint density at radius 2 is 2.21 bits per heavy atom. The Balaban J connectivity index is 2.82. The highest BCUT2D eigenvalue weighted by Crippen LogP contribution is 2.24. The maximum Gasteiger partial charge on any atom is 0.220 e. The van der Waals surface area contributed by atoms with Crippen molar-refractivity contribution in [1.82, 2.24) is 4.90 Å². The van der Waals surface area contributed by atoms with Crippen LogP contribution in [0.3, 0.4) is 0 Å². The minimum Gasteiger partial charge on any atom is -0.334 e. The van der Waals surface area contributed by atoms with E-state index < -0.39 is 0 Å². The average Bonchev–Trinajstić information content (AvgIpc) is 2.48. The van der Waals surface area contributed by atoms with Crippen LogP contribution in [0.15, 0.2) is 35.7 Å². The number of rotatable bonds is 2. The molecule has 2 nitrogen and oxygen atoms in total. The number of amides is 1. The van der Waals surface area contributed by atoms with Crippen molar-refractivity contribution in [3.05, 3.63) is 35.7 Å². The van der Waals surface area contributed by atoms with E-state index in [9.17, 15) is 9.18 Å². The van der Waals surface area contributed by atoms with E-state index in [4.69, 9.17) is 0 Å². The van der Waals surface area contributed by atoms with Gasteiger partial charge in [0.05, 0.1) is 0 Å². The van der Waals surface area contributed by atoms with Gasteiger partial charge in [-0.1, -0.05) is 12.7 Å². The minimum atomic E-state index is -0.291. The molecule has 1 amide bonds. The van der Waals surface area contributed by atoms with E-state index in [1.54, 1.807) is 4.90 Å². The molecule has 3 heteroatoms. The fourth-order valence-corrected chi connectivity index (χ4v) is 1.47. The molecule has 0 aromatic heterocycles. The summed E-state index contributed by atoms with van der Waals surface area (Å²) in [5.41, 5.74) is 1.52. The molecular weight excluding hydrogens is 181 g/mol. The smallest absolute Gasteiger partial charge is 0.220 e. The van der Waals surface area contributed by atoms with Crippen LogP contribution in [0, 0.1) is 0 Å². The summed E-state index contributed by atoms with van der Waals surface area (Å²) in [6.07, 6.45) is 2.73. The monoisotopic (exact) mass is 195 g/mol. The minimum absolute atomic E-state index is 0.0225. The van der Waals surface area contributed by atoms with Crippen LogP contribution in [0.5, 0.6) is 0 Å². The van der Waals surface area contributed by atoms with Crippen LogP contribution in [-0.4, -0.2) is 23.9 Å². The molecule has 0 unspecified atom stereocenters. The highest BCUT2D eigenvalue weighted by atomic mass is 19.1. The van der Waals surface area contributed by atoms with Gasteiger partial charge in [-0.05, 0) is 18.6 Å². The lowest BCUT2D eigenvalue weighted by Gasteiger charge is -2.12. The number of carbonyl (C=O) groups is 1. The summed E-state index contributed by atoms with van der Waals surface area (Å²) in [5, 5.41) is 0. The quantitative estimate of drug-likeness (QED) is 0.618. The first kappa shape index (κ1) is 10.7. The highest BCUT2D eigenvalue weighted by molar-refractivity contribution is 5.75. The van der Waals surface area contributed by atoms with Gasteiger partial charge in [0.25, 0.3) is 0 Å². The van der Waals surface area contributed by atoms with Crippen molar-refractivity contribution in [2.75, 3.05) is 13.1 Å². The largest absolute Gasteiger partial charge is 0.334 e. The molecule has 0 aliphatic carbocycles. The Morgan fingerprint density at radius 3 is 2.64 bits per heavy atom. The van der Waals surface area contributed by atoms with Gasteiger partial charge in [0, 0.05) is 25.6 Å². The average molecular weight is 195 g/mol. The molecular formula is C11H14FNO. The van der Waals surface area contributed by atoms with Crippen molar-refractivity contribution in [2.24, 2.45) is 0 Å². The van der Waals surface area contributed by atoms with Gasteiger partial charge in [-0.25, -0.2) is 4.39 Å². The van der Waals surface area contributed by atoms with E-state index in [0.717, 1.165) is 5.57 Å². The molecule has 76 valence electrons. The van der Waals surface area contributed by atoms with E-state index >= 15 is 0 Å². The van der Waals surface area contributed by atoms with E-state index in [1.807, 2.05) is 6.92 Å². The third kappa shape index (κ3) is 2.10. The molecule has 1 aliphatic rings. The number of hydrogen-bond acceptors (Lipinski definition) is 1. The molecule has 0 saturated carbocycles. The number of nitrogens with zero attached hydrogens (tertiary/aromatic N) is 1. The Hall–Kier alpha value is -1.38. The fraction of sp³-hybridized carbons (Fsp3) is 0.364. The van der Waals surface area contributed by atoms with E-state index in [2.05, 4.69) is 6.58 Å². The summed E-state index contributed by atoms with van der Waals surface area (Å²) in [4.78, 5) is 12.7. The summed E-state index contributed by atoms with van der Waals surface area (Å²) in [6.45, 7) is 7.67. The zero-order chi connectivity index (χ0) is 10.7. The zero-order valence-electron chi connectivity index (χ0n) is 8.51.